The van der Waals surface area contributed by atoms with Gasteiger partial charge < -0.3 is 4.74 Å². The first kappa shape index (κ1) is 10.4. The Kier molecular flexibility index (Phi) is 2.52. The highest BCUT2D eigenvalue weighted by molar-refractivity contribution is 9.11. The molecule has 1 aliphatic heterocycles. The summed E-state index contributed by atoms with van der Waals surface area (Å²) in [5.41, 5.74) is 2.32. The Morgan fingerprint density at radius 1 is 0.938 bits per heavy atom. The maximum Gasteiger partial charge on any atom is 0.133 e. The summed E-state index contributed by atoms with van der Waals surface area (Å²) >= 11 is 7.29. The van der Waals surface area contributed by atoms with Crippen molar-refractivity contribution in [2.24, 2.45) is 0 Å². The van der Waals surface area contributed by atoms with Gasteiger partial charge in [0.25, 0.3) is 0 Å². The van der Waals surface area contributed by atoms with E-state index in [1.807, 2.05) is 36.4 Å². The number of rotatable bonds is 0. The van der Waals surface area contributed by atoms with E-state index in [1.54, 1.807) is 0 Å². The van der Waals surface area contributed by atoms with Crippen LogP contribution in [-0.2, 0) is 0 Å². The van der Waals surface area contributed by atoms with E-state index in [0.29, 0.717) is 0 Å². The highest BCUT2D eigenvalue weighted by Gasteiger charge is 2.26. The van der Waals surface area contributed by atoms with Crippen molar-refractivity contribution in [3.05, 3.63) is 58.1 Å². The molecule has 1 nitrogen and oxygen atoms in total. The lowest BCUT2D eigenvalue weighted by Crippen LogP contribution is -2.05. The number of hydrogen-bond acceptors (Lipinski definition) is 1. The minimum Gasteiger partial charge on any atom is -0.457 e. The summed E-state index contributed by atoms with van der Waals surface area (Å²) < 4.78 is 6.94. The summed E-state index contributed by atoms with van der Waals surface area (Å²) in [6, 6.07) is 14.1. The Morgan fingerprint density at radius 3 is 2.56 bits per heavy atom. The van der Waals surface area contributed by atoms with Crippen LogP contribution in [0.5, 0.6) is 11.5 Å². The summed E-state index contributed by atoms with van der Waals surface area (Å²) in [5, 5.41) is 0. The van der Waals surface area contributed by atoms with Crippen LogP contribution in [0.2, 0.25) is 0 Å². The Morgan fingerprint density at radius 2 is 1.69 bits per heavy atom. The monoisotopic (exact) mass is 338 g/mol. The lowest BCUT2D eigenvalue weighted by atomic mass is 10.0. The first-order valence-electron chi connectivity index (χ1n) is 4.96. The number of ether oxygens (including phenoxy) is 1. The summed E-state index contributed by atoms with van der Waals surface area (Å²) in [7, 11) is 0. The predicted octanol–water partition coefficient (Wildman–Crippen LogP) is 5.04. The van der Waals surface area contributed by atoms with Gasteiger partial charge in [-0.15, -0.1) is 0 Å². The standard InChI is InChI=1S/C13H8Br2O/c14-9-5-3-7-11-12(9)13(15)8-4-1-2-6-10(8)16-11/h1-7,13H. The molecule has 0 saturated carbocycles. The fourth-order valence-electron chi connectivity index (χ4n) is 1.91. The molecule has 1 atom stereocenters. The molecule has 0 radical (unpaired) electrons. The maximum atomic E-state index is 5.87. The minimum atomic E-state index is 0.183. The van der Waals surface area contributed by atoms with Crippen molar-refractivity contribution in [3.63, 3.8) is 0 Å². The second-order valence-electron chi connectivity index (χ2n) is 3.65. The molecule has 2 aromatic carbocycles. The van der Waals surface area contributed by atoms with Crippen LogP contribution in [0, 0.1) is 0 Å². The molecule has 0 aromatic heterocycles. The number of hydrogen-bond donors (Lipinski definition) is 0. The summed E-state index contributed by atoms with van der Waals surface area (Å²) in [4.78, 5) is 0.183. The van der Waals surface area contributed by atoms with Crippen molar-refractivity contribution in [2.75, 3.05) is 0 Å². The van der Waals surface area contributed by atoms with Crippen LogP contribution in [-0.4, -0.2) is 0 Å². The van der Waals surface area contributed by atoms with Crippen LogP contribution in [0.4, 0.5) is 0 Å². The maximum absolute atomic E-state index is 5.87. The van der Waals surface area contributed by atoms with E-state index in [4.69, 9.17) is 4.74 Å². The highest BCUT2D eigenvalue weighted by atomic mass is 79.9. The Bertz CT molecular complexity index is 551. The van der Waals surface area contributed by atoms with Gasteiger partial charge in [0.2, 0.25) is 0 Å². The van der Waals surface area contributed by atoms with E-state index < -0.39 is 0 Å². The third-order valence-corrected chi connectivity index (χ3v) is 4.32. The van der Waals surface area contributed by atoms with Crippen LogP contribution in [0.1, 0.15) is 16.0 Å². The fraction of sp³-hybridized carbons (Fsp3) is 0.0769. The molecular weight excluding hydrogens is 332 g/mol. The third-order valence-electron chi connectivity index (χ3n) is 2.68. The second kappa shape index (κ2) is 3.90. The molecule has 3 rings (SSSR count). The SMILES string of the molecule is Brc1cccc2c1C(Br)c1ccccc1O2. The molecule has 80 valence electrons. The molecule has 0 aliphatic carbocycles. The van der Waals surface area contributed by atoms with Gasteiger partial charge in [-0.3, -0.25) is 0 Å². The molecule has 0 spiro atoms. The predicted molar refractivity (Wildman–Crippen MR) is 71.4 cm³/mol. The van der Waals surface area contributed by atoms with Crippen molar-refractivity contribution in [3.8, 4) is 11.5 Å². The van der Waals surface area contributed by atoms with Crippen molar-refractivity contribution in [1.82, 2.24) is 0 Å². The summed E-state index contributed by atoms with van der Waals surface area (Å²) in [6.07, 6.45) is 0. The van der Waals surface area contributed by atoms with E-state index in [9.17, 15) is 0 Å². The molecule has 0 N–H and O–H groups in total. The molecule has 0 fully saturated rings. The Labute approximate surface area is 111 Å². The van der Waals surface area contributed by atoms with Gasteiger partial charge in [-0.1, -0.05) is 56.1 Å². The number of benzene rings is 2. The van der Waals surface area contributed by atoms with Gasteiger partial charge in [-0.05, 0) is 18.2 Å². The zero-order valence-corrected chi connectivity index (χ0v) is 11.5. The molecule has 2 aromatic rings. The largest absolute Gasteiger partial charge is 0.457 e. The van der Waals surface area contributed by atoms with E-state index in [-0.39, 0.29) is 4.83 Å². The zero-order valence-electron chi connectivity index (χ0n) is 8.28. The van der Waals surface area contributed by atoms with Crippen LogP contribution in [0.15, 0.2) is 46.9 Å². The van der Waals surface area contributed by atoms with E-state index in [1.165, 1.54) is 5.56 Å². The number of fused-ring (bicyclic) bond motifs is 2. The van der Waals surface area contributed by atoms with Crippen LogP contribution >= 0.6 is 31.9 Å². The van der Waals surface area contributed by atoms with Crippen molar-refractivity contribution in [1.29, 1.82) is 0 Å². The van der Waals surface area contributed by atoms with Gasteiger partial charge in [-0.2, -0.15) is 0 Å². The van der Waals surface area contributed by atoms with Gasteiger partial charge in [0.1, 0.15) is 11.5 Å². The topological polar surface area (TPSA) is 9.23 Å². The quantitative estimate of drug-likeness (QED) is 0.611. The van der Waals surface area contributed by atoms with Crippen LogP contribution < -0.4 is 4.74 Å². The van der Waals surface area contributed by atoms with E-state index in [0.717, 1.165) is 21.5 Å². The number of halogens is 2. The average Bonchev–Trinajstić information content (AvgIpc) is 2.29. The zero-order chi connectivity index (χ0) is 11.1. The summed E-state index contributed by atoms with van der Waals surface area (Å²) in [5.74, 6) is 1.84. The third kappa shape index (κ3) is 1.50. The average molecular weight is 340 g/mol. The minimum absolute atomic E-state index is 0.183. The Balaban J connectivity index is 2.23. The normalized spacial score (nSPS) is 17.2. The molecule has 3 heteroatoms. The van der Waals surface area contributed by atoms with Gasteiger partial charge in [0.05, 0.1) is 4.83 Å². The summed E-state index contributed by atoms with van der Waals surface area (Å²) in [6.45, 7) is 0. The van der Waals surface area contributed by atoms with Crippen LogP contribution in [0.3, 0.4) is 0 Å². The molecule has 0 bridgehead atoms. The molecule has 1 heterocycles. The van der Waals surface area contributed by atoms with Gasteiger partial charge in [0.15, 0.2) is 0 Å². The van der Waals surface area contributed by atoms with Gasteiger partial charge in [0, 0.05) is 15.6 Å². The molecule has 1 aliphatic rings. The van der Waals surface area contributed by atoms with Gasteiger partial charge >= 0.3 is 0 Å². The molecule has 1 unspecified atom stereocenters. The lowest BCUT2D eigenvalue weighted by molar-refractivity contribution is 0.459. The van der Waals surface area contributed by atoms with E-state index in [2.05, 4.69) is 37.9 Å². The second-order valence-corrected chi connectivity index (χ2v) is 5.42. The highest BCUT2D eigenvalue weighted by Crippen LogP contribution is 2.49. The first-order chi connectivity index (χ1) is 7.77. The fourth-order valence-corrected chi connectivity index (χ4v) is 3.64. The number of para-hydroxylation sites is 1. The van der Waals surface area contributed by atoms with Crippen molar-refractivity contribution >= 4 is 31.9 Å². The van der Waals surface area contributed by atoms with E-state index >= 15 is 0 Å². The first-order valence-corrected chi connectivity index (χ1v) is 6.67. The smallest absolute Gasteiger partial charge is 0.133 e. The molecule has 16 heavy (non-hydrogen) atoms. The van der Waals surface area contributed by atoms with Crippen molar-refractivity contribution < 1.29 is 4.74 Å². The number of alkyl halides is 1. The lowest BCUT2D eigenvalue weighted by Gasteiger charge is -2.25. The molecule has 0 saturated heterocycles. The molecular formula is C13H8Br2O. The van der Waals surface area contributed by atoms with Crippen molar-refractivity contribution in [2.45, 2.75) is 4.83 Å². The van der Waals surface area contributed by atoms with Crippen LogP contribution in [0.25, 0.3) is 0 Å². The Hall–Kier alpha value is -0.800. The molecule has 0 amide bonds. The van der Waals surface area contributed by atoms with Gasteiger partial charge in [-0.25, -0.2) is 0 Å².